The van der Waals surface area contributed by atoms with E-state index in [2.05, 4.69) is 52.5 Å². The molecule has 196 valence electrons. The molecule has 0 aromatic carbocycles. The molecule has 1 aliphatic carbocycles. The third-order valence-electron chi connectivity index (χ3n) is 7.20. The lowest BCUT2D eigenvalue weighted by Gasteiger charge is -2.32. The van der Waals surface area contributed by atoms with Crippen molar-refractivity contribution < 1.29 is 9.69 Å². The number of carbonyl (C=O) groups excluding carboxylic acids is 1. The van der Waals surface area contributed by atoms with Gasteiger partial charge in [-0.25, -0.2) is 9.78 Å². The van der Waals surface area contributed by atoms with Crippen LogP contribution in [0.25, 0.3) is 0 Å². The minimum Gasteiger partial charge on any atom is -0.351 e. The number of hydrogen-bond acceptors (Lipinski definition) is 7. The van der Waals surface area contributed by atoms with Crippen molar-refractivity contribution in [1.29, 1.82) is 0 Å². The van der Waals surface area contributed by atoms with Crippen molar-refractivity contribution in [2.45, 2.75) is 70.1 Å². The zero-order valence-electron chi connectivity index (χ0n) is 21.3. The Morgan fingerprint density at radius 3 is 2.41 bits per heavy atom. The number of nitrogens with zero attached hydrogens (tertiary/aromatic N) is 4. The zero-order valence-corrected chi connectivity index (χ0v) is 21.3. The van der Waals surface area contributed by atoms with Gasteiger partial charge in [-0.15, -0.1) is 0 Å². The number of rotatable bonds is 8. The lowest BCUT2D eigenvalue weighted by Crippen LogP contribution is -3.12. The maximum atomic E-state index is 12.6. The highest BCUT2D eigenvalue weighted by molar-refractivity contribution is 5.74. The van der Waals surface area contributed by atoms with Gasteiger partial charge in [-0.05, 0) is 50.8 Å². The minimum absolute atomic E-state index is 0.0368. The molecule has 2 fully saturated rings. The molecule has 0 spiro atoms. The number of aromatic nitrogens is 5. The Hall–Kier alpha value is -3.73. The van der Waals surface area contributed by atoms with Crippen molar-refractivity contribution in [3.05, 3.63) is 54.1 Å². The monoisotopic (exact) mass is 505 g/mol. The molecule has 0 bridgehead atoms. The fraction of sp³-hybridized carbons (Fsp3) is 0.500. The highest BCUT2D eigenvalue weighted by Gasteiger charge is 2.26. The molecular formula is C26H37N10O+. The standard InChI is InChI=1S/C26H36N10O/c1-18-16-24(35-34-18)32-23-9-13-28-25(33-23)29-19-5-7-20(8-6-19)30-26(37)31-21-10-14-36(15-11-21)17-22-4-2-3-12-27-22/h2-4,9,12-13,16,19-21H,5-8,10-11,14-15,17H2,1H3,(H2,30,31,37)(H3,28,29,32,33,34,35)/p+1. The summed E-state index contributed by atoms with van der Waals surface area (Å²) >= 11 is 0. The van der Waals surface area contributed by atoms with Crippen LogP contribution < -0.4 is 26.2 Å². The maximum Gasteiger partial charge on any atom is 0.315 e. The van der Waals surface area contributed by atoms with Gasteiger partial charge in [-0.1, -0.05) is 6.07 Å². The van der Waals surface area contributed by atoms with Crippen LogP contribution in [0.3, 0.4) is 0 Å². The smallest absolute Gasteiger partial charge is 0.315 e. The number of amides is 2. The fourth-order valence-corrected chi connectivity index (χ4v) is 5.19. The Labute approximate surface area is 217 Å². The van der Waals surface area contributed by atoms with Gasteiger partial charge >= 0.3 is 6.03 Å². The van der Waals surface area contributed by atoms with Gasteiger partial charge in [-0.2, -0.15) is 10.1 Å². The van der Waals surface area contributed by atoms with Crippen LogP contribution in [0, 0.1) is 6.92 Å². The number of aromatic amines is 1. The van der Waals surface area contributed by atoms with Crippen LogP contribution in [0.4, 0.5) is 22.4 Å². The van der Waals surface area contributed by atoms with Crippen LogP contribution in [0.15, 0.2) is 42.7 Å². The second-order valence-corrected chi connectivity index (χ2v) is 10.2. The molecule has 4 heterocycles. The summed E-state index contributed by atoms with van der Waals surface area (Å²) in [6, 6.07) is 10.5. The van der Waals surface area contributed by atoms with Gasteiger partial charge in [0.05, 0.1) is 18.8 Å². The van der Waals surface area contributed by atoms with E-state index in [1.54, 1.807) is 6.20 Å². The van der Waals surface area contributed by atoms with Gasteiger partial charge in [0.2, 0.25) is 5.95 Å². The van der Waals surface area contributed by atoms with E-state index >= 15 is 0 Å². The maximum absolute atomic E-state index is 12.6. The number of pyridine rings is 1. The largest absolute Gasteiger partial charge is 0.351 e. The fourth-order valence-electron chi connectivity index (χ4n) is 5.19. The SMILES string of the molecule is Cc1cc(Nc2ccnc(NC3CCC(NC(=O)NC4CC[NH+](Cc5ccccn5)CC4)CC3)n2)n[nH]1. The normalized spacial score (nSPS) is 23.7. The van der Waals surface area contributed by atoms with Crippen LogP contribution in [-0.2, 0) is 6.54 Å². The number of anilines is 3. The summed E-state index contributed by atoms with van der Waals surface area (Å²) in [5, 5.41) is 20.1. The Balaban J connectivity index is 0.997. The van der Waals surface area contributed by atoms with E-state index < -0.39 is 0 Å². The van der Waals surface area contributed by atoms with E-state index in [9.17, 15) is 4.79 Å². The van der Waals surface area contributed by atoms with E-state index in [4.69, 9.17) is 0 Å². The van der Waals surface area contributed by atoms with Crippen molar-refractivity contribution in [3.8, 4) is 0 Å². The summed E-state index contributed by atoms with van der Waals surface area (Å²) in [7, 11) is 0. The number of piperidine rings is 1. The molecule has 1 aliphatic heterocycles. The number of aryl methyl sites for hydroxylation is 1. The quantitative estimate of drug-likeness (QED) is 0.275. The molecule has 2 amide bonds. The van der Waals surface area contributed by atoms with Crippen molar-refractivity contribution in [1.82, 2.24) is 35.8 Å². The number of nitrogens with one attached hydrogen (secondary N) is 6. The first-order chi connectivity index (χ1) is 18.1. The van der Waals surface area contributed by atoms with Gasteiger partial charge in [0.1, 0.15) is 12.4 Å². The summed E-state index contributed by atoms with van der Waals surface area (Å²) in [4.78, 5) is 27.5. The summed E-state index contributed by atoms with van der Waals surface area (Å²) < 4.78 is 0. The number of quaternary nitrogens is 1. The van der Waals surface area contributed by atoms with Crippen molar-refractivity contribution in [3.63, 3.8) is 0 Å². The van der Waals surface area contributed by atoms with Gasteiger partial charge in [-0.3, -0.25) is 10.1 Å². The molecule has 3 aromatic heterocycles. The molecule has 0 atom stereocenters. The van der Waals surface area contributed by atoms with Crippen molar-refractivity contribution in [2.75, 3.05) is 23.7 Å². The first kappa shape index (κ1) is 24.9. The number of hydrogen-bond donors (Lipinski definition) is 6. The Kier molecular flexibility index (Phi) is 8.09. The van der Waals surface area contributed by atoms with Gasteiger partial charge in [0, 0.05) is 55.1 Å². The average Bonchev–Trinajstić information content (AvgIpc) is 3.31. The van der Waals surface area contributed by atoms with Gasteiger partial charge in [0.15, 0.2) is 5.82 Å². The molecular weight excluding hydrogens is 468 g/mol. The lowest BCUT2D eigenvalue weighted by atomic mass is 9.91. The molecule has 1 saturated heterocycles. The molecule has 0 unspecified atom stereocenters. The topological polar surface area (TPSA) is 137 Å². The number of likely N-dealkylation sites (tertiary alicyclic amines) is 1. The molecule has 0 radical (unpaired) electrons. The van der Waals surface area contributed by atoms with Gasteiger partial charge < -0.3 is 26.2 Å². The minimum atomic E-state index is -0.0368. The van der Waals surface area contributed by atoms with Crippen LogP contribution in [0.5, 0.6) is 0 Å². The highest BCUT2D eigenvalue weighted by atomic mass is 16.2. The summed E-state index contributed by atoms with van der Waals surface area (Å²) in [6.07, 6.45) is 9.37. The molecule has 2 aliphatic rings. The highest BCUT2D eigenvalue weighted by Crippen LogP contribution is 2.22. The molecule has 11 nitrogen and oxygen atoms in total. The number of urea groups is 1. The molecule has 37 heavy (non-hydrogen) atoms. The first-order valence-electron chi connectivity index (χ1n) is 13.3. The van der Waals surface area contributed by atoms with E-state index in [0.717, 1.165) is 75.4 Å². The van der Waals surface area contributed by atoms with Gasteiger partial charge in [0.25, 0.3) is 0 Å². The third-order valence-corrected chi connectivity index (χ3v) is 7.20. The van der Waals surface area contributed by atoms with E-state index in [1.807, 2.05) is 37.4 Å². The second kappa shape index (κ2) is 12.0. The molecule has 6 N–H and O–H groups in total. The third kappa shape index (κ3) is 7.39. The lowest BCUT2D eigenvalue weighted by molar-refractivity contribution is -0.919. The summed E-state index contributed by atoms with van der Waals surface area (Å²) in [5.74, 6) is 2.02. The predicted molar refractivity (Wildman–Crippen MR) is 142 cm³/mol. The van der Waals surface area contributed by atoms with E-state index in [0.29, 0.717) is 11.8 Å². The number of carbonyl (C=O) groups is 1. The zero-order chi connectivity index (χ0) is 25.5. The molecule has 11 heteroatoms. The Morgan fingerprint density at radius 1 is 0.946 bits per heavy atom. The summed E-state index contributed by atoms with van der Waals surface area (Å²) in [5.41, 5.74) is 2.11. The van der Waals surface area contributed by atoms with Crippen molar-refractivity contribution >= 4 is 23.6 Å². The first-order valence-corrected chi connectivity index (χ1v) is 13.3. The van der Waals surface area contributed by atoms with Crippen molar-refractivity contribution in [2.24, 2.45) is 0 Å². The second-order valence-electron chi connectivity index (χ2n) is 10.2. The van der Waals surface area contributed by atoms with Crippen LogP contribution in [0.2, 0.25) is 0 Å². The molecule has 3 aromatic rings. The molecule has 1 saturated carbocycles. The average molecular weight is 506 g/mol. The van der Waals surface area contributed by atoms with E-state index in [1.165, 1.54) is 4.90 Å². The van der Waals surface area contributed by atoms with Crippen LogP contribution in [0.1, 0.15) is 49.9 Å². The van der Waals surface area contributed by atoms with Crippen LogP contribution >= 0.6 is 0 Å². The summed E-state index contributed by atoms with van der Waals surface area (Å²) in [6.45, 7) is 5.01. The molecule has 5 rings (SSSR count). The number of H-pyrrole nitrogens is 1. The van der Waals surface area contributed by atoms with Crippen LogP contribution in [-0.4, -0.2) is 62.4 Å². The predicted octanol–water partition coefficient (Wildman–Crippen LogP) is 1.92. The van der Waals surface area contributed by atoms with E-state index in [-0.39, 0.29) is 24.2 Å². The Morgan fingerprint density at radius 2 is 1.70 bits per heavy atom. The Bertz CT molecular complexity index is 1140.